The lowest BCUT2D eigenvalue weighted by Crippen LogP contribution is -2.29. The van der Waals surface area contributed by atoms with Crippen LogP contribution in [0.4, 0.5) is 10.1 Å². The van der Waals surface area contributed by atoms with Crippen LogP contribution in [0.5, 0.6) is 0 Å². The Balaban J connectivity index is 1.78. The molecule has 0 aliphatic rings. The summed E-state index contributed by atoms with van der Waals surface area (Å²) >= 11 is 6.17. The van der Waals surface area contributed by atoms with Crippen LogP contribution in [0.2, 0.25) is 5.02 Å². The van der Waals surface area contributed by atoms with Crippen molar-refractivity contribution < 1.29 is 12.8 Å². The van der Waals surface area contributed by atoms with Crippen molar-refractivity contribution in [2.45, 2.75) is 11.8 Å². The summed E-state index contributed by atoms with van der Waals surface area (Å²) in [6.45, 7) is 2.08. The number of nitrogens with one attached hydrogen (secondary N) is 2. The molecule has 3 rings (SSSR count). The average molecular weight is 419 g/mol. The van der Waals surface area contributed by atoms with Crippen LogP contribution >= 0.6 is 11.6 Å². The number of nitriles is 1. The van der Waals surface area contributed by atoms with E-state index in [2.05, 4.69) is 15.0 Å². The second-order valence-electron chi connectivity index (χ2n) is 6.05. The Morgan fingerprint density at radius 3 is 2.57 bits per heavy atom. The monoisotopic (exact) mass is 418 g/mol. The lowest BCUT2D eigenvalue weighted by atomic mass is 10.1. The zero-order valence-electron chi connectivity index (χ0n) is 14.8. The van der Waals surface area contributed by atoms with E-state index in [4.69, 9.17) is 11.6 Å². The van der Waals surface area contributed by atoms with Crippen molar-refractivity contribution in [2.24, 2.45) is 0 Å². The fraction of sp³-hybridized carbons (Fsp3) is 0.158. The first-order chi connectivity index (χ1) is 13.3. The van der Waals surface area contributed by atoms with E-state index in [1.807, 2.05) is 13.0 Å². The van der Waals surface area contributed by atoms with Gasteiger partial charge in [0.2, 0.25) is 10.0 Å². The second kappa shape index (κ2) is 8.10. The van der Waals surface area contributed by atoms with Gasteiger partial charge >= 0.3 is 0 Å². The molecule has 0 saturated heterocycles. The SMILES string of the molecule is Cc1ccc(S(=O)(=O)NCCNc2c(C#N)cnc3c(F)ccc(Cl)c23)cc1. The fourth-order valence-corrected chi connectivity index (χ4v) is 3.95. The molecule has 1 heterocycles. The van der Waals surface area contributed by atoms with Gasteiger partial charge in [-0.1, -0.05) is 29.3 Å². The number of aryl methyl sites for hydroxylation is 1. The van der Waals surface area contributed by atoms with Crippen molar-refractivity contribution in [3.8, 4) is 6.07 Å². The number of aromatic nitrogens is 1. The Labute approximate surface area is 167 Å². The third-order valence-electron chi connectivity index (χ3n) is 4.09. The molecule has 0 aliphatic heterocycles. The van der Waals surface area contributed by atoms with Crippen LogP contribution in [0.25, 0.3) is 10.9 Å². The molecule has 1 aromatic heterocycles. The molecule has 0 spiro atoms. The van der Waals surface area contributed by atoms with Gasteiger partial charge in [-0.05, 0) is 31.2 Å². The summed E-state index contributed by atoms with van der Waals surface area (Å²) < 4.78 is 41.1. The Hall–Kier alpha value is -2.73. The van der Waals surface area contributed by atoms with Gasteiger partial charge in [-0.2, -0.15) is 5.26 Å². The summed E-state index contributed by atoms with van der Waals surface area (Å²) in [7, 11) is -3.66. The van der Waals surface area contributed by atoms with Crippen LogP contribution in [0, 0.1) is 24.1 Å². The molecule has 0 amide bonds. The van der Waals surface area contributed by atoms with Crippen molar-refractivity contribution in [1.82, 2.24) is 9.71 Å². The lowest BCUT2D eigenvalue weighted by Gasteiger charge is -2.13. The van der Waals surface area contributed by atoms with E-state index >= 15 is 0 Å². The molecule has 0 unspecified atom stereocenters. The number of sulfonamides is 1. The Morgan fingerprint density at radius 1 is 1.18 bits per heavy atom. The number of nitrogens with zero attached hydrogens (tertiary/aromatic N) is 2. The molecule has 0 aliphatic carbocycles. The molecule has 2 N–H and O–H groups in total. The first-order valence-electron chi connectivity index (χ1n) is 8.30. The maximum Gasteiger partial charge on any atom is 0.240 e. The molecule has 3 aromatic rings. The molecule has 0 bridgehead atoms. The summed E-state index contributed by atoms with van der Waals surface area (Å²) in [5.74, 6) is -0.563. The Morgan fingerprint density at radius 2 is 1.89 bits per heavy atom. The highest BCUT2D eigenvalue weighted by molar-refractivity contribution is 7.89. The van der Waals surface area contributed by atoms with Crippen LogP contribution < -0.4 is 10.0 Å². The van der Waals surface area contributed by atoms with Gasteiger partial charge in [0.15, 0.2) is 0 Å². The fourth-order valence-electron chi connectivity index (χ4n) is 2.68. The quantitative estimate of drug-likeness (QED) is 0.596. The minimum Gasteiger partial charge on any atom is -0.382 e. The number of halogens is 2. The topological polar surface area (TPSA) is 94.9 Å². The predicted molar refractivity (Wildman–Crippen MR) is 106 cm³/mol. The van der Waals surface area contributed by atoms with Crippen molar-refractivity contribution in [1.29, 1.82) is 5.26 Å². The van der Waals surface area contributed by atoms with E-state index in [0.29, 0.717) is 5.69 Å². The number of fused-ring (bicyclic) bond motifs is 1. The average Bonchev–Trinajstić information content (AvgIpc) is 2.68. The number of hydrogen-bond donors (Lipinski definition) is 2. The minimum absolute atomic E-state index is 0.0363. The number of hydrogen-bond acceptors (Lipinski definition) is 5. The van der Waals surface area contributed by atoms with Crippen molar-refractivity contribution >= 4 is 38.2 Å². The molecule has 144 valence electrons. The highest BCUT2D eigenvalue weighted by atomic mass is 35.5. The van der Waals surface area contributed by atoms with Gasteiger partial charge in [0.1, 0.15) is 17.4 Å². The maximum absolute atomic E-state index is 14.0. The largest absolute Gasteiger partial charge is 0.382 e. The van der Waals surface area contributed by atoms with Crippen LogP contribution in [0.1, 0.15) is 11.1 Å². The highest BCUT2D eigenvalue weighted by Crippen LogP contribution is 2.33. The molecule has 0 fully saturated rings. The van der Waals surface area contributed by atoms with Crippen molar-refractivity contribution in [3.63, 3.8) is 0 Å². The Kier molecular flexibility index (Phi) is 5.79. The third kappa shape index (κ3) is 4.07. The number of pyridine rings is 1. The molecular weight excluding hydrogens is 403 g/mol. The van der Waals surface area contributed by atoms with E-state index in [9.17, 15) is 18.1 Å². The molecule has 0 atom stereocenters. The van der Waals surface area contributed by atoms with Gasteiger partial charge in [0, 0.05) is 24.7 Å². The van der Waals surface area contributed by atoms with Gasteiger partial charge in [-0.3, -0.25) is 4.98 Å². The van der Waals surface area contributed by atoms with E-state index in [1.165, 1.54) is 30.5 Å². The molecule has 6 nitrogen and oxygen atoms in total. The van der Waals surface area contributed by atoms with Crippen LogP contribution in [-0.4, -0.2) is 26.5 Å². The van der Waals surface area contributed by atoms with E-state index in [1.54, 1.807) is 12.1 Å². The zero-order chi connectivity index (χ0) is 20.3. The normalized spacial score (nSPS) is 11.4. The lowest BCUT2D eigenvalue weighted by molar-refractivity contribution is 0.583. The maximum atomic E-state index is 14.0. The van der Waals surface area contributed by atoms with E-state index < -0.39 is 15.8 Å². The van der Waals surface area contributed by atoms with Crippen molar-refractivity contribution in [2.75, 3.05) is 18.4 Å². The standard InChI is InChI=1S/C19H16ClFN4O2S/c1-12-2-4-14(5-3-12)28(26,27)25-9-8-23-18-13(10-22)11-24-19-16(21)7-6-15(20)17(18)19/h2-7,11,25H,8-9H2,1H3,(H,23,24). The summed E-state index contributed by atoms with van der Waals surface area (Å²) in [6.07, 6.45) is 1.25. The Bertz CT molecular complexity index is 1180. The highest BCUT2D eigenvalue weighted by Gasteiger charge is 2.16. The van der Waals surface area contributed by atoms with Gasteiger partial charge in [-0.15, -0.1) is 0 Å². The smallest absolute Gasteiger partial charge is 0.240 e. The molecule has 0 radical (unpaired) electrons. The molecule has 2 aromatic carbocycles. The molecular formula is C19H16ClFN4O2S. The van der Waals surface area contributed by atoms with Gasteiger partial charge in [0.05, 0.1) is 21.2 Å². The third-order valence-corrected chi connectivity index (χ3v) is 5.88. The van der Waals surface area contributed by atoms with Crippen LogP contribution in [-0.2, 0) is 10.0 Å². The van der Waals surface area contributed by atoms with Crippen LogP contribution in [0.3, 0.4) is 0 Å². The second-order valence-corrected chi connectivity index (χ2v) is 8.22. The number of rotatable bonds is 6. The summed E-state index contributed by atoms with van der Waals surface area (Å²) in [5, 5.41) is 12.8. The summed E-state index contributed by atoms with van der Waals surface area (Å²) in [5.41, 5.74) is 1.49. The number of anilines is 1. The first-order valence-corrected chi connectivity index (χ1v) is 10.2. The van der Waals surface area contributed by atoms with E-state index in [-0.39, 0.29) is 39.5 Å². The van der Waals surface area contributed by atoms with E-state index in [0.717, 1.165) is 5.56 Å². The van der Waals surface area contributed by atoms with Gasteiger partial charge < -0.3 is 5.32 Å². The summed E-state index contributed by atoms with van der Waals surface area (Å²) in [4.78, 5) is 4.12. The van der Waals surface area contributed by atoms with Gasteiger partial charge in [0.25, 0.3) is 0 Å². The predicted octanol–water partition coefficient (Wildman–Crippen LogP) is 3.60. The molecule has 28 heavy (non-hydrogen) atoms. The number of benzene rings is 2. The molecule has 9 heteroatoms. The minimum atomic E-state index is -3.66. The molecule has 0 saturated carbocycles. The summed E-state index contributed by atoms with van der Waals surface area (Å²) in [6, 6.07) is 11.0. The van der Waals surface area contributed by atoms with Crippen LogP contribution in [0.15, 0.2) is 47.5 Å². The van der Waals surface area contributed by atoms with Crippen molar-refractivity contribution in [3.05, 3.63) is 64.6 Å². The first kappa shape index (κ1) is 20.0. The van der Waals surface area contributed by atoms with Gasteiger partial charge in [-0.25, -0.2) is 17.5 Å². The zero-order valence-corrected chi connectivity index (χ0v) is 16.4.